The molecule has 124 valence electrons. The van der Waals surface area contributed by atoms with Crippen molar-refractivity contribution in [3.05, 3.63) is 46.4 Å². The molecule has 1 aliphatic rings. The van der Waals surface area contributed by atoms with E-state index in [0.29, 0.717) is 21.5 Å². The van der Waals surface area contributed by atoms with E-state index >= 15 is 0 Å². The maximum absolute atomic E-state index is 12.3. The third kappa shape index (κ3) is 3.55. The highest BCUT2D eigenvalue weighted by molar-refractivity contribution is 6.31. The van der Waals surface area contributed by atoms with E-state index in [2.05, 4.69) is 5.32 Å². The van der Waals surface area contributed by atoms with Gasteiger partial charge in [0.05, 0.1) is 17.9 Å². The van der Waals surface area contributed by atoms with Gasteiger partial charge in [-0.05, 0) is 36.4 Å². The molecule has 1 aliphatic heterocycles. The fourth-order valence-electron chi connectivity index (χ4n) is 2.33. The van der Waals surface area contributed by atoms with Crippen molar-refractivity contribution in [3.63, 3.8) is 0 Å². The van der Waals surface area contributed by atoms with Crippen LogP contribution in [0.3, 0.4) is 0 Å². The highest BCUT2D eigenvalue weighted by Crippen LogP contribution is 2.34. The summed E-state index contributed by atoms with van der Waals surface area (Å²) in [5, 5.41) is 13.1. The van der Waals surface area contributed by atoms with Crippen LogP contribution in [0.5, 0.6) is 11.5 Å². The first-order valence-electron chi connectivity index (χ1n) is 6.96. The van der Waals surface area contributed by atoms with Gasteiger partial charge in [0, 0.05) is 10.0 Å². The molecule has 0 aromatic heterocycles. The molecule has 8 heteroatoms. The molecule has 3 rings (SSSR count). The smallest absolute Gasteiger partial charge is 0.331 e. The van der Waals surface area contributed by atoms with Gasteiger partial charge < -0.3 is 20.1 Å². The van der Waals surface area contributed by atoms with Gasteiger partial charge in [0.25, 0.3) is 0 Å². The Hall–Kier alpha value is -2.44. The molecule has 0 fully saturated rings. The minimum Gasteiger partial charge on any atom is -0.506 e. The molecule has 2 aromatic carbocycles. The number of anilines is 2. The predicted octanol–water partition coefficient (Wildman–Crippen LogP) is 3.06. The lowest BCUT2D eigenvalue weighted by Gasteiger charge is -2.29. The second-order valence-corrected chi connectivity index (χ2v) is 6.02. The van der Waals surface area contributed by atoms with Crippen molar-refractivity contribution in [2.24, 2.45) is 0 Å². The van der Waals surface area contributed by atoms with Crippen molar-refractivity contribution in [2.75, 3.05) is 23.3 Å². The van der Waals surface area contributed by atoms with E-state index < -0.39 is 11.9 Å². The Morgan fingerprint density at radius 1 is 1.21 bits per heavy atom. The normalized spacial score (nSPS) is 13.2. The predicted molar refractivity (Wildman–Crippen MR) is 91.0 cm³/mol. The molecule has 0 saturated carbocycles. The Morgan fingerprint density at radius 3 is 2.71 bits per heavy atom. The quantitative estimate of drug-likeness (QED) is 0.495. The van der Waals surface area contributed by atoms with E-state index in [0.717, 1.165) is 0 Å². The van der Waals surface area contributed by atoms with Crippen LogP contribution in [0.25, 0.3) is 0 Å². The van der Waals surface area contributed by atoms with Gasteiger partial charge in [-0.3, -0.25) is 4.79 Å². The number of halogens is 2. The third-order valence-corrected chi connectivity index (χ3v) is 3.84. The van der Waals surface area contributed by atoms with Crippen LogP contribution in [0.15, 0.2) is 36.4 Å². The van der Waals surface area contributed by atoms with E-state index in [1.54, 1.807) is 23.1 Å². The second-order valence-electron chi connectivity index (χ2n) is 5.15. The Balaban J connectivity index is 1.78. The van der Waals surface area contributed by atoms with Gasteiger partial charge in [0.15, 0.2) is 5.75 Å². The van der Waals surface area contributed by atoms with Crippen molar-refractivity contribution in [1.82, 2.24) is 0 Å². The van der Waals surface area contributed by atoms with Gasteiger partial charge in [-0.25, -0.2) is 4.79 Å². The molecular weight excluding hydrogens is 355 g/mol. The summed E-state index contributed by atoms with van der Waals surface area (Å²) in [6.45, 7) is -0.198. The molecule has 0 unspecified atom stereocenters. The minimum absolute atomic E-state index is 0.0811. The summed E-state index contributed by atoms with van der Waals surface area (Å²) in [4.78, 5) is 25.5. The summed E-state index contributed by atoms with van der Waals surface area (Å²) in [7, 11) is 0. The highest BCUT2D eigenvalue weighted by atomic mass is 35.5. The second kappa shape index (κ2) is 6.59. The number of ether oxygens (including phenoxy) is 1. The average Bonchev–Trinajstić information content (AvgIpc) is 2.51. The van der Waals surface area contributed by atoms with Gasteiger partial charge >= 0.3 is 5.97 Å². The summed E-state index contributed by atoms with van der Waals surface area (Å²) >= 11 is 11.8. The SMILES string of the molecule is O=C(CN1CC(=O)Oc2ccc(Cl)cc21)Nc1cc(Cl)ccc1O. The van der Waals surface area contributed by atoms with Crippen LogP contribution < -0.4 is 15.0 Å². The average molecular weight is 367 g/mol. The molecule has 0 radical (unpaired) electrons. The summed E-state index contributed by atoms with van der Waals surface area (Å²) in [6.07, 6.45) is 0. The van der Waals surface area contributed by atoms with Crippen molar-refractivity contribution in [1.29, 1.82) is 0 Å². The molecule has 24 heavy (non-hydrogen) atoms. The molecule has 1 amide bonds. The first-order valence-corrected chi connectivity index (χ1v) is 7.71. The number of aromatic hydroxyl groups is 1. The minimum atomic E-state index is -0.469. The molecule has 0 bridgehead atoms. The number of nitrogens with zero attached hydrogens (tertiary/aromatic N) is 1. The fourth-order valence-corrected chi connectivity index (χ4v) is 2.67. The van der Waals surface area contributed by atoms with Crippen LogP contribution >= 0.6 is 23.2 Å². The first kappa shape index (κ1) is 16.4. The Morgan fingerprint density at radius 2 is 1.92 bits per heavy atom. The fraction of sp³-hybridized carbons (Fsp3) is 0.125. The molecule has 0 aliphatic carbocycles. The number of rotatable bonds is 3. The topological polar surface area (TPSA) is 78.9 Å². The van der Waals surface area contributed by atoms with E-state index in [1.807, 2.05) is 0 Å². The summed E-state index contributed by atoms with van der Waals surface area (Å²) in [6, 6.07) is 9.11. The number of fused-ring (bicyclic) bond motifs is 1. The van der Waals surface area contributed by atoms with Crippen molar-refractivity contribution in [3.8, 4) is 11.5 Å². The lowest BCUT2D eigenvalue weighted by atomic mass is 10.2. The van der Waals surface area contributed by atoms with Gasteiger partial charge in [-0.15, -0.1) is 0 Å². The lowest BCUT2D eigenvalue weighted by Crippen LogP contribution is -2.41. The summed E-state index contributed by atoms with van der Waals surface area (Å²) in [5.74, 6) is -0.653. The monoisotopic (exact) mass is 366 g/mol. The zero-order valence-electron chi connectivity index (χ0n) is 12.3. The maximum atomic E-state index is 12.3. The van der Waals surface area contributed by atoms with Crippen LogP contribution in [0.1, 0.15) is 0 Å². The number of hydrogen-bond donors (Lipinski definition) is 2. The lowest BCUT2D eigenvalue weighted by molar-refractivity contribution is -0.133. The van der Waals surface area contributed by atoms with Crippen molar-refractivity contribution in [2.45, 2.75) is 0 Å². The third-order valence-electron chi connectivity index (χ3n) is 3.37. The highest BCUT2D eigenvalue weighted by Gasteiger charge is 2.26. The number of esters is 1. The molecule has 6 nitrogen and oxygen atoms in total. The van der Waals surface area contributed by atoms with Crippen LogP contribution in [0.2, 0.25) is 10.0 Å². The Labute approximate surface area is 147 Å². The van der Waals surface area contributed by atoms with E-state index in [4.69, 9.17) is 27.9 Å². The number of nitrogens with one attached hydrogen (secondary N) is 1. The van der Waals surface area contributed by atoms with Gasteiger partial charge in [0.2, 0.25) is 5.91 Å². The first-order chi connectivity index (χ1) is 11.4. The van der Waals surface area contributed by atoms with Crippen LogP contribution in [-0.4, -0.2) is 30.1 Å². The number of phenols is 1. The molecule has 2 N–H and O–H groups in total. The van der Waals surface area contributed by atoms with Crippen LogP contribution in [-0.2, 0) is 9.59 Å². The largest absolute Gasteiger partial charge is 0.506 e. The zero-order chi connectivity index (χ0) is 17.3. The molecule has 1 heterocycles. The Bertz CT molecular complexity index is 826. The molecule has 0 spiro atoms. The Kier molecular flexibility index (Phi) is 4.51. The number of hydrogen-bond acceptors (Lipinski definition) is 5. The standard InChI is InChI=1S/C16H12Cl2N2O4/c17-9-1-3-13(21)11(5-9)19-15(22)7-20-8-16(23)24-14-4-2-10(18)6-12(14)20/h1-6,21H,7-8H2,(H,19,22). The van der Waals surface area contributed by atoms with E-state index in [9.17, 15) is 14.7 Å². The zero-order valence-corrected chi connectivity index (χ0v) is 13.8. The van der Waals surface area contributed by atoms with Gasteiger partial charge in [0.1, 0.15) is 12.3 Å². The van der Waals surface area contributed by atoms with Crippen molar-refractivity contribution >= 4 is 46.5 Å². The van der Waals surface area contributed by atoms with Gasteiger partial charge in [-0.1, -0.05) is 23.2 Å². The van der Waals surface area contributed by atoms with E-state index in [1.165, 1.54) is 18.2 Å². The number of carbonyl (C=O) groups is 2. The number of phenolic OH excluding ortho intramolecular Hbond substituents is 1. The summed E-state index contributed by atoms with van der Waals surface area (Å²) < 4.78 is 5.12. The summed E-state index contributed by atoms with van der Waals surface area (Å²) in [5.41, 5.74) is 0.742. The number of amides is 1. The van der Waals surface area contributed by atoms with E-state index in [-0.39, 0.29) is 24.5 Å². The molecule has 0 saturated heterocycles. The van der Waals surface area contributed by atoms with Crippen LogP contribution in [0.4, 0.5) is 11.4 Å². The maximum Gasteiger partial charge on any atom is 0.331 e. The molecular formula is C16H12Cl2N2O4. The number of benzene rings is 2. The molecule has 2 aromatic rings. The van der Waals surface area contributed by atoms with Crippen LogP contribution in [0, 0.1) is 0 Å². The van der Waals surface area contributed by atoms with Crippen molar-refractivity contribution < 1.29 is 19.4 Å². The number of carbonyl (C=O) groups excluding carboxylic acids is 2. The van der Waals surface area contributed by atoms with Gasteiger partial charge in [-0.2, -0.15) is 0 Å². The molecule has 0 atom stereocenters.